The Kier molecular flexibility index (Phi) is 3.04. The lowest BCUT2D eigenvalue weighted by molar-refractivity contribution is 0.341. The average molecular weight is 288 g/mol. The molecule has 2 heterocycles. The SMILES string of the molecule is CCOc1ccc2cc(-n3ccc4ccccc43)ncc2c1. The second-order valence-electron chi connectivity index (χ2n) is 5.23. The molecule has 0 aliphatic carbocycles. The first-order chi connectivity index (χ1) is 10.8. The number of benzene rings is 2. The summed E-state index contributed by atoms with van der Waals surface area (Å²) in [6.07, 6.45) is 3.97. The minimum Gasteiger partial charge on any atom is -0.494 e. The van der Waals surface area contributed by atoms with Crippen LogP contribution in [0.4, 0.5) is 0 Å². The lowest BCUT2D eigenvalue weighted by atomic mass is 10.1. The Hall–Kier alpha value is -2.81. The van der Waals surface area contributed by atoms with Gasteiger partial charge in [-0.1, -0.05) is 24.3 Å². The fourth-order valence-electron chi connectivity index (χ4n) is 2.78. The number of nitrogens with zero attached hydrogens (tertiary/aromatic N) is 2. The van der Waals surface area contributed by atoms with Gasteiger partial charge in [0.25, 0.3) is 0 Å². The maximum Gasteiger partial charge on any atom is 0.137 e. The van der Waals surface area contributed by atoms with Gasteiger partial charge in [-0.15, -0.1) is 0 Å². The van der Waals surface area contributed by atoms with Crippen molar-refractivity contribution in [2.75, 3.05) is 6.61 Å². The number of aromatic nitrogens is 2. The Bertz CT molecular complexity index is 956. The van der Waals surface area contributed by atoms with Crippen molar-refractivity contribution in [1.29, 1.82) is 0 Å². The van der Waals surface area contributed by atoms with Gasteiger partial charge in [0.15, 0.2) is 0 Å². The van der Waals surface area contributed by atoms with Crippen LogP contribution in [-0.4, -0.2) is 16.2 Å². The maximum absolute atomic E-state index is 5.54. The van der Waals surface area contributed by atoms with E-state index in [-0.39, 0.29) is 0 Å². The van der Waals surface area contributed by atoms with Gasteiger partial charge in [-0.05, 0) is 48.0 Å². The molecule has 4 rings (SSSR count). The number of ether oxygens (including phenoxy) is 1. The number of para-hydroxylation sites is 1. The zero-order chi connectivity index (χ0) is 14.9. The lowest BCUT2D eigenvalue weighted by Crippen LogP contribution is -1.96. The summed E-state index contributed by atoms with van der Waals surface area (Å²) < 4.78 is 7.66. The fraction of sp³-hybridized carbons (Fsp3) is 0.105. The quantitative estimate of drug-likeness (QED) is 0.552. The summed E-state index contributed by atoms with van der Waals surface area (Å²) in [6.45, 7) is 2.66. The number of fused-ring (bicyclic) bond motifs is 2. The Balaban J connectivity index is 1.84. The van der Waals surface area contributed by atoms with Gasteiger partial charge in [0.2, 0.25) is 0 Å². The predicted molar refractivity (Wildman–Crippen MR) is 89.7 cm³/mol. The molecular formula is C19H16N2O. The van der Waals surface area contributed by atoms with Crippen molar-refractivity contribution < 1.29 is 4.74 Å². The van der Waals surface area contributed by atoms with Crippen molar-refractivity contribution in [1.82, 2.24) is 9.55 Å². The van der Waals surface area contributed by atoms with Crippen LogP contribution in [0.2, 0.25) is 0 Å². The molecule has 0 amide bonds. The molecule has 22 heavy (non-hydrogen) atoms. The van der Waals surface area contributed by atoms with E-state index in [9.17, 15) is 0 Å². The molecule has 108 valence electrons. The molecule has 4 aromatic rings. The van der Waals surface area contributed by atoms with Crippen molar-refractivity contribution in [2.45, 2.75) is 6.92 Å². The third kappa shape index (κ3) is 2.11. The van der Waals surface area contributed by atoms with E-state index in [0.29, 0.717) is 6.61 Å². The average Bonchev–Trinajstić information content (AvgIpc) is 2.99. The molecule has 0 radical (unpaired) electrons. The summed E-state index contributed by atoms with van der Waals surface area (Å²) in [7, 11) is 0. The van der Waals surface area contributed by atoms with Crippen LogP contribution < -0.4 is 4.74 Å². The van der Waals surface area contributed by atoms with Crippen molar-refractivity contribution in [2.24, 2.45) is 0 Å². The van der Waals surface area contributed by atoms with E-state index in [1.165, 1.54) is 10.9 Å². The molecule has 0 bridgehead atoms. The van der Waals surface area contributed by atoms with Crippen LogP contribution in [0, 0.1) is 0 Å². The zero-order valence-corrected chi connectivity index (χ0v) is 12.4. The molecule has 0 N–H and O–H groups in total. The van der Waals surface area contributed by atoms with Crippen molar-refractivity contribution >= 4 is 21.7 Å². The Labute approximate surface area is 128 Å². The van der Waals surface area contributed by atoms with Crippen LogP contribution >= 0.6 is 0 Å². The number of hydrogen-bond acceptors (Lipinski definition) is 2. The van der Waals surface area contributed by atoms with E-state index in [0.717, 1.165) is 22.3 Å². The second-order valence-corrected chi connectivity index (χ2v) is 5.23. The topological polar surface area (TPSA) is 27.1 Å². The van der Waals surface area contributed by atoms with Gasteiger partial charge in [0, 0.05) is 17.8 Å². The van der Waals surface area contributed by atoms with E-state index in [1.807, 2.05) is 31.3 Å². The molecule has 0 atom stereocenters. The van der Waals surface area contributed by atoms with Crippen LogP contribution in [0.15, 0.2) is 67.0 Å². The first-order valence-corrected chi connectivity index (χ1v) is 7.44. The Morgan fingerprint density at radius 2 is 1.86 bits per heavy atom. The van der Waals surface area contributed by atoms with E-state index in [1.54, 1.807) is 0 Å². The van der Waals surface area contributed by atoms with Gasteiger partial charge in [-0.25, -0.2) is 4.98 Å². The normalized spacial score (nSPS) is 11.1. The molecule has 2 aromatic heterocycles. The van der Waals surface area contributed by atoms with Gasteiger partial charge in [-0.3, -0.25) is 0 Å². The maximum atomic E-state index is 5.54. The van der Waals surface area contributed by atoms with Crippen molar-refractivity contribution in [3.05, 3.63) is 67.0 Å². The Morgan fingerprint density at radius 3 is 2.77 bits per heavy atom. The first kappa shape index (κ1) is 12.9. The molecule has 0 spiro atoms. The molecule has 0 aliphatic heterocycles. The van der Waals surface area contributed by atoms with Crippen molar-refractivity contribution in [3.63, 3.8) is 0 Å². The smallest absolute Gasteiger partial charge is 0.137 e. The highest BCUT2D eigenvalue weighted by atomic mass is 16.5. The number of rotatable bonds is 3. The van der Waals surface area contributed by atoms with E-state index in [2.05, 4.69) is 52.1 Å². The first-order valence-electron chi connectivity index (χ1n) is 7.44. The van der Waals surface area contributed by atoms with E-state index in [4.69, 9.17) is 4.74 Å². The monoisotopic (exact) mass is 288 g/mol. The van der Waals surface area contributed by atoms with E-state index < -0.39 is 0 Å². The summed E-state index contributed by atoms with van der Waals surface area (Å²) in [6, 6.07) is 18.7. The summed E-state index contributed by atoms with van der Waals surface area (Å²) in [5, 5.41) is 3.47. The van der Waals surface area contributed by atoms with Crippen LogP contribution in [-0.2, 0) is 0 Å². The van der Waals surface area contributed by atoms with Crippen LogP contribution in [0.3, 0.4) is 0 Å². The van der Waals surface area contributed by atoms with Gasteiger partial charge in [0.1, 0.15) is 11.6 Å². The van der Waals surface area contributed by atoms with Gasteiger partial charge < -0.3 is 9.30 Å². The zero-order valence-electron chi connectivity index (χ0n) is 12.4. The van der Waals surface area contributed by atoms with Crippen molar-refractivity contribution in [3.8, 4) is 11.6 Å². The van der Waals surface area contributed by atoms with Crippen LogP contribution in [0.5, 0.6) is 5.75 Å². The standard InChI is InChI=1S/C19H16N2O/c1-2-22-17-8-7-15-12-19(20-13-16(15)11-17)21-10-9-14-5-3-4-6-18(14)21/h3-13H,2H2,1H3. The van der Waals surface area contributed by atoms with Gasteiger partial charge in [-0.2, -0.15) is 0 Å². The molecule has 0 unspecified atom stereocenters. The molecule has 0 aliphatic rings. The molecule has 0 fully saturated rings. The summed E-state index contributed by atoms with van der Waals surface area (Å²) in [5.41, 5.74) is 1.17. The number of pyridine rings is 1. The largest absolute Gasteiger partial charge is 0.494 e. The highest BCUT2D eigenvalue weighted by molar-refractivity contribution is 5.86. The summed E-state index contributed by atoms with van der Waals surface area (Å²) in [4.78, 5) is 4.61. The van der Waals surface area contributed by atoms with Gasteiger partial charge in [0.05, 0.1) is 12.1 Å². The second kappa shape index (κ2) is 5.19. The predicted octanol–water partition coefficient (Wildman–Crippen LogP) is 4.58. The third-order valence-electron chi connectivity index (χ3n) is 3.84. The van der Waals surface area contributed by atoms with Gasteiger partial charge >= 0.3 is 0 Å². The minimum absolute atomic E-state index is 0.673. The highest BCUT2D eigenvalue weighted by Crippen LogP contribution is 2.24. The Morgan fingerprint density at radius 1 is 0.955 bits per heavy atom. The lowest BCUT2D eigenvalue weighted by Gasteiger charge is -2.08. The third-order valence-corrected chi connectivity index (χ3v) is 3.84. The molecule has 3 nitrogen and oxygen atoms in total. The fourth-order valence-corrected chi connectivity index (χ4v) is 2.78. The molecule has 2 aromatic carbocycles. The molecule has 3 heteroatoms. The highest BCUT2D eigenvalue weighted by Gasteiger charge is 2.05. The molecule has 0 saturated heterocycles. The van der Waals surface area contributed by atoms with E-state index >= 15 is 0 Å². The van der Waals surface area contributed by atoms with Crippen LogP contribution in [0.1, 0.15) is 6.92 Å². The van der Waals surface area contributed by atoms with Crippen LogP contribution in [0.25, 0.3) is 27.5 Å². The summed E-state index contributed by atoms with van der Waals surface area (Å²) >= 11 is 0. The minimum atomic E-state index is 0.673. The summed E-state index contributed by atoms with van der Waals surface area (Å²) in [5.74, 6) is 1.81. The molecule has 0 saturated carbocycles. The number of hydrogen-bond donors (Lipinski definition) is 0. The molecular weight excluding hydrogens is 272 g/mol.